The minimum Gasteiger partial charge on any atom is -0.346 e. The van der Waals surface area contributed by atoms with Crippen molar-refractivity contribution in [3.63, 3.8) is 0 Å². The lowest BCUT2D eigenvalue weighted by molar-refractivity contribution is 0.0787. The van der Waals surface area contributed by atoms with E-state index in [4.69, 9.17) is 5.26 Å². The molecule has 0 atom stereocenters. The number of nitriles is 1. The Morgan fingerprint density at radius 3 is 2.53 bits per heavy atom. The highest BCUT2D eigenvalue weighted by Crippen LogP contribution is 2.33. The maximum Gasteiger partial charge on any atom is 0.271 e. The predicted molar refractivity (Wildman–Crippen MR) is 108 cm³/mol. The van der Waals surface area contributed by atoms with Crippen LogP contribution in [0.5, 0.6) is 0 Å². The monoisotopic (exact) mass is 434 g/mol. The summed E-state index contributed by atoms with van der Waals surface area (Å²) in [7, 11) is 0. The summed E-state index contributed by atoms with van der Waals surface area (Å²) in [6, 6.07) is 4.92. The fraction of sp³-hybridized carbons (Fsp3) is 0.227. The van der Waals surface area contributed by atoms with Gasteiger partial charge in [0.15, 0.2) is 0 Å². The van der Waals surface area contributed by atoms with Crippen molar-refractivity contribution in [1.82, 2.24) is 25.2 Å². The van der Waals surface area contributed by atoms with Crippen LogP contribution in [0.3, 0.4) is 0 Å². The van der Waals surface area contributed by atoms with Gasteiger partial charge in [-0.05, 0) is 31.0 Å². The highest BCUT2D eigenvalue weighted by Gasteiger charge is 2.29. The van der Waals surface area contributed by atoms with Crippen LogP contribution in [0.2, 0.25) is 0 Å². The number of aromatic amines is 1. The van der Waals surface area contributed by atoms with Crippen LogP contribution in [0.25, 0.3) is 22.6 Å². The number of hydrogen-bond acceptors (Lipinski definition) is 5. The number of amides is 2. The third-order valence-electron chi connectivity index (χ3n) is 5.62. The average molecular weight is 434 g/mol. The molecule has 32 heavy (non-hydrogen) atoms. The molecule has 0 unspecified atom stereocenters. The quantitative estimate of drug-likeness (QED) is 0.658. The molecular formula is C22H16F2N6O2. The largest absolute Gasteiger partial charge is 0.346 e. The minimum absolute atomic E-state index is 0.0430. The Morgan fingerprint density at radius 2 is 1.84 bits per heavy atom. The number of imidazole rings is 1. The van der Waals surface area contributed by atoms with Crippen molar-refractivity contribution in [1.29, 1.82) is 5.26 Å². The van der Waals surface area contributed by atoms with E-state index >= 15 is 0 Å². The smallest absolute Gasteiger partial charge is 0.271 e. The Bertz CT molecular complexity index is 1300. The lowest BCUT2D eigenvalue weighted by Crippen LogP contribution is -2.27. The SMILES string of the molecule is N#Cc1cc(F)c(-c2cc(-c3ncc(C(=O)N4CCCC4)[nH]3)c3c(n2)CNC3=O)c(F)c1. The van der Waals surface area contributed by atoms with Crippen LogP contribution in [0.1, 0.15) is 44.9 Å². The molecule has 2 aliphatic rings. The number of pyridine rings is 1. The molecule has 2 amide bonds. The van der Waals surface area contributed by atoms with Gasteiger partial charge in [0.05, 0.1) is 46.9 Å². The molecule has 0 radical (unpaired) electrons. The third kappa shape index (κ3) is 3.19. The number of hydrogen-bond donors (Lipinski definition) is 2. The maximum atomic E-state index is 14.6. The van der Waals surface area contributed by atoms with E-state index in [9.17, 15) is 18.4 Å². The summed E-state index contributed by atoms with van der Waals surface area (Å²) in [5, 5.41) is 11.6. The number of H-pyrrole nitrogens is 1. The zero-order chi connectivity index (χ0) is 22.4. The molecule has 0 aliphatic carbocycles. The van der Waals surface area contributed by atoms with Gasteiger partial charge < -0.3 is 15.2 Å². The Kier molecular flexibility index (Phi) is 4.66. The van der Waals surface area contributed by atoms with Crippen LogP contribution in [0.15, 0.2) is 24.4 Å². The van der Waals surface area contributed by atoms with E-state index in [1.807, 2.05) is 0 Å². The molecule has 2 N–H and O–H groups in total. The average Bonchev–Trinajstić information content (AvgIpc) is 3.54. The van der Waals surface area contributed by atoms with E-state index < -0.39 is 23.1 Å². The second-order valence-corrected chi connectivity index (χ2v) is 7.63. The van der Waals surface area contributed by atoms with Crippen LogP contribution in [-0.2, 0) is 6.54 Å². The molecule has 0 bridgehead atoms. The summed E-state index contributed by atoms with van der Waals surface area (Å²) >= 11 is 0. The van der Waals surface area contributed by atoms with Crippen molar-refractivity contribution in [2.45, 2.75) is 19.4 Å². The number of carbonyl (C=O) groups is 2. The first-order valence-corrected chi connectivity index (χ1v) is 10.0. The van der Waals surface area contributed by atoms with Crippen molar-refractivity contribution in [2.24, 2.45) is 0 Å². The number of aromatic nitrogens is 3. The number of nitrogens with one attached hydrogen (secondary N) is 2. The number of carbonyl (C=O) groups excluding carboxylic acids is 2. The Balaban J connectivity index is 1.63. The first kappa shape index (κ1) is 19.8. The molecule has 1 aromatic carbocycles. The summed E-state index contributed by atoms with van der Waals surface area (Å²) in [6.07, 6.45) is 3.27. The lowest BCUT2D eigenvalue weighted by Gasteiger charge is -2.13. The fourth-order valence-electron chi connectivity index (χ4n) is 4.09. The summed E-state index contributed by atoms with van der Waals surface area (Å²) in [5.74, 6) is -2.25. The van der Waals surface area contributed by atoms with Gasteiger partial charge in [-0.1, -0.05) is 0 Å². The second kappa shape index (κ2) is 7.53. The molecule has 5 rings (SSSR count). The molecule has 0 saturated carbocycles. The highest BCUT2D eigenvalue weighted by atomic mass is 19.1. The van der Waals surface area contributed by atoms with E-state index in [1.54, 1.807) is 11.0 Å². The summed E-state index contributed by atoms with van der Waals surface area (Å²) in [6.45, 7) is 1.43. The molecule has 3 aromatic rings. The predicted octanol–water partition coefficient (Wildman–Crippen LogP) is 2.77. The van der Waals surface area contributed by atoms with E-state index in [2.05, 4.69) is 20.3 Å². The van der Waals surface area contributed by atoms with Gasteiger partial charge in [0.1, 0.15) is 23.2 Å². The molecule has 8 nitrogen and oxygen atoms in total. The van der Waals surface area contributed by atoms with Crippen molar-refractivity contribution in [2.75, 3.05) is 13.1 Å². The van der Waals surface area contributed by atoms with Gasteiger partial charge in [-0.25, -0.2) is 18.7 Å². The third-order valence-corrected chi connectivity index (χ3v) is 5.62. The van der Waals surface area contributed by atoms with Crippen LogP contribution < -0.4 is 5.32 Å². The first-order valence-electron chi connectivity index (χ1n) is 10.0. The van der Waals surface area contributed by atoms with Gasteiger partial charge >= 0.3 is 0 Å². The maximum absolute atomic E-state index is 14.6. The molecule has 0 spiro atoms. The second-order valence-electron chi connectivity index (χ2n) is 7.63. The topological polar surface area (TPSA) is 115 Å². The first-order chi connectivity index (χ1) is 15.5. The van der Waals surface area contributed by atoms with Crippen LogP contribution in [0.4, 0.5) is 8.78 Å². The van der Waals surface area contributed by atoms with Gasteiger partial charge in [-0.15, -0.1) is 0 Å². The van der Waals surface area contributed by atoms with Gasteiger partial charge in [0.25, 0.3) is 11.8 Å². The van der Waals surface area contributed by atoms with E-state index in [0.29, 0.717) is 18.8 Å². The molecule has 1 fully saturated rings. The number of halogens is 2. The van der Waals surface area contributed by atoms with E-state index in [-0.39, 0.29) is 46.4 Å². The summed E-state index contributed by atoms with van der Waals surface area (Å²) in [5.41, 5.74) is 0.489. The van der Waals surface area contributed by atoms with Crippen LogP contribution in [0, 0.1) is 23.0 Å². The molecular weight excluding hydrogens is 418 g/mol. The zero-order valence-electron chi connectivity index (χ0n) is 16.7. The van der Waals surface area contributed by atoms with Crippen molar-refractivity contribution < 1.29 is 18.4 Å². The number of rotatable bonds is 3. The molecule has 10 heteroatoms. The van der Waals surface area contributed by atoms with E-state index in [1.165, 1.54) is 12.3 Å². The highest BCUT2D eigenvalue weighted by molar-refractivity contribution is 6.04. The Hall–Kier alpha value is -4.13. The number of nitrogens with zero attached hydrogens (tertiary/aromatic N) is 4. The van der Waals surface area contributed by atoms with Gasteiger partial charge in [0.2, 0.25) is 0 Å². The number of fused-ring (bicyclic) bond motifs is 1. The van der Waals surface area contributed by atoms with Crippen molar-refractivity contribution >= 4 is 11.8 Å². The van der Waals surface area contributed by atoms with Crippen molar-refractivity contribution in [3.05, 3.63) is 58.5 Å². The molecule has 1 saturated heterocycles. The molecule has 2 aromatic heterocycles. The normalized spacial score (nSPS) is 14.9. The molecule has 160 valence electrons. The van der Waals surface area contributed by atoms with Crippen LogP contribution in [-0.4, -0.2) is 44.8 Å². The Morgan fingerprint density at radius 1 is 1.12 bits per heavy atom. The Labute approximate surface area is 180 Å². The van der Waals surface area contributed by atoms with E-state index in [0.717, 1.165) is 25.0 Å². The standard InChI is InChI=1S/C22H16F2N6O2/c23-13-5-11(8-25)6-14(24)19(13)15-7-12(18-16(28-15)9-27-21(18)31)20-26-10-17(29-20)22(32)30-3-1-2-4-30/h5-7,10H,1-4,9H2,(H,26,29)(H,27,31). The zero-order valence-corrected chi connectivity index (χ0v) is 16.7. The molecule has 4 heterocycles. The summed E-state index contributed by atoms with van der Waals surface area (Å²) < 4.78 is 29.3. The lowest BCUT2D eigenvalue weighted by atomic mass is 10.0. The number of benzene rings is 1. The number of likely N-dealkylation sites (tertiary alicyclic amines) is 1. The minimum atomic E-state index is -0.943. The fourth-order valence-corrected chi connectivity index (χ4v) is 4.09. The van der Waals surface area contributed by atoms with Gasteiger partial charge in [0, 0.05) is 18.7 Å². The van der Waals surface area contributed by atoms with Gasteiger partial charge in [-0.2, -0.15) is 5.26 Å². The summed E-state index contributed by atoms with van der Waals surface area (Å²) in [4.78, 5) is 38.3. The van der Waals surface area contributed by atoms with Gasteiger partial charge in [-0.3, -0.25) is 9.59 Å². The molecule has 2 aliphatic heterocycles. The van der Waals surface area contributed by atoms with Crippen molar-refractivity contribution in [3.8, 4) is 28.7 Å². The van der Waals surface area contributed by atoms with Crippen LogP contribution >= 0.6 is 0 Å².